The van der Waals surface area contributed by atoms with Crippen LogP contribution in [-0.4, -0.2) is 0 Å². The van der Waals surface area contributed by atoms with Crippen LogP contribution in [-0.2, 0) is 4.57 Å². The SMILES string of the molecule is NP(N)(=O)N(c1cccc2ccccc12)c1cccc2ccccc12. The summed E-state index contributed by atoms with van der Waals surface area (Å²) in [6, 6.07) is 27.5. The van der Waals surface area contributed by atoms with Gasteiger partial charge in [0.25, 0.3) is 0 Å². The third-order valence-electron chi connectivity index (χ3n) is 4.30. The fraction of sp³-hybridized carbons (Fsp3) is 0. The van der Waals surface area contributed by atoms with E-state index in [0.29, 0.717) is 0 Å². The van der Waals surface area contributed by atoms with Gasteiger partial charge in [-0.05, 0) is 22.9 Å². The van der Waals surface area contributed by atoms with Crippen LogP contribution in [0.4, 0.5) is 11.4 Å². The summed E-state index contributed by atoms with van der Waals surface area (Å²) in [5.74, 6) is 0. The first kappa shape index (κ1) is 15.9. The standard InChI is InChI=1S/C20H18N3OP/c21-25(22,24)23(19-13-5-9-15-7-1-3-11-17(15)19)20-14-6-10-16-8-2-4-12-18(16)20/h1-14H,(H4,21,22,24). The Labute approximate surface area is 146 Å². The molecule has 0 unspecified atom stereocenters. The van der Waals surface area contributed by atoms with E-state index in [1.54, 1.807) is 4.67 Å². The second-order valence-electron chi connectivity index (χ2n) is 5.98. The molecule has 4 aromatic rings. The summed E-state index contributed by atoms with van der Waals surface area (Å²) >= 11 is 0. The maximum Gasteiger partial charge on any atom is 0.305 e. The van der Waals surface area contributed by atoms with Crippen LogP contribution in [0.3, 0.4) is 0 Å². The van der Waals surface area contributed by atoms with Crippen molar-refractivity contribution < 1.29 is 4.57 Å². The van der Waals surface area contributed by atoms with Gasteiger partial charge in [0.15, 0.2) is 0 Å². The number of benzene rings is 4. The maximum absolute atomic E-state index is 12.9. The fourth-order valence-corrected chi connectivity index (χ4v) is 4.27. The van der Waals surface area contributed by atoms with E-state index in [0.717, 1.165) is 32.9 Å². The van der Waals surface area contributed by atoms with Gasteiger partial charge in [0, 0.05) is 10.8 Å². The van der Waals surface area contributed by atoms with Crippen molar-refractivity contribution in [1.29, 1.82) is 0 Å². The average Bonchev–Trinajstić information content (AvgIpc) is 2.61. The van der Waals surface area contributed by atoms with Crippen molar-refractivity contribution in [3.8, 4) is 0 Å². The van der Waals surface area contributed by atoms with Crippen molar-refractivity contribution in [2.24, 2.45) is 11.0 Å². The highest BCUT2D eigenvalue weighted by Gasteiger charge is 2.26. The number of hydrogen-bond donors (Lipinski definition) is 2. The second-order valence-corrected chi connectivity index (χ2v) is 7.73. The first-order valence-corrected chi connectivity index (χ1v) is 9.79. The van der Waals surface area contributed by atoms with E-state index in [2.05, 4.69) is 0 Å². The van der Waals surface area contributed by atoms with Crippen LogP contribution in [0.2, 0.25) is 0 Å². The Hall–Kier alpha value is -2.65. The predicted octanol–water partition coefficient (Wildman–Crippen LogP) is 5.16. The van der Waals surface area contributed by atoms with Gasteiger partial charge in [-0.3, -0.25) is 20.2 Å². The zero-order chi connectivity index (χ0) is 17.4. The van der Waals surface area contributed by atoms with Crippen LogP contribution in [0.5, 0.6) is 0 Å². The number of hydrogen-bond acceptors (Lipinski definition) is 1. The quantitative estimate of drug-likeness (QED) is 0.502. The molecule has 4 rings (SSSR count). The monoisotopic (exact) mass is 347 g/mol. The molecule has 4 nitrogen and oxygen atoms in total. The van der Waals surface area contributed by atoms with E-state index in [1.165, 1.54) is 0 Å². The lowest BCUT2D eigenvalue weighted by molar-refractivity contribution is 0.577. The number of fused-ring (bicyclic) bond motifs is 2. The van der Waals surface area contributed by atoms with E-state index < -0.39 is 7.59 Å². The molecule has 0 aromatic heterocycles. The Bertz CT molecular complexity index is 1030. The summed E-state index contributed by atoms with van der Waals surface area (Å²) in [7, 11) is -3.60. The van der Waals surface area contributed by atoms with Gasteiger partial charge in [0.2, 0.25) is 0 Å². The molecule has 25 heavy (non-hydrogen) atoms. The third kappa shape index (κ3) is 2.81. The van der Waals surface area contributed by atoms with Crippen molar-refractivity contribution in [3.05, 3.63) is 84.9 Å². The molecule has 0 aliphatic heterocycles. The summed E-state index contributed by atoms with van der Waals surface area (Å²) in [6.45, 7) is 0. The lowest BCUT2D eigenvalue weighted by atomic mass is 10.1. The summed E-state index contributed by atoms with van der Waals surface area (Å²) in [4.78, 5) is 0. The van der Waals surface area contributed by atoms with Gasteiger partial charge in [0.1, 0.15) is 0 Å². The molecular weight excluding hydrogens is 329 g/mol. The Morgan fingerprint density at radius 2 is 1.00 bits per heavy atom. The molecule has 0 bridgehead atoms. The summed E-state index contributed by atoms with van der Waals surface area (Å²) < 4.78 is 14.5. The molecule has 0 saturated heterocycles. The largest absolute Gasteiger partial charge is 0.305 e. The van der Waals surface area contributed by atoms with Crippen molar-refractivity contribution in [2.75, 3.05) is 4.67 Å². The topological polar surface area (TPSA) is 72.3 Å². The summed E-state index contributed by atoms with van der Waals surface area (Å²) in [5, 5.41) is 3.99. The number of nitrogens with zero attached hydrogens (tertiary/aromatic N) is 1. The van der Waals surface area contributed by atoms with Crippen LogP contribution < -0.4 is 15.7 Å². The first-order chi connectivity index (χ1) is 12.1. The number of anilines is 2. The molecular formula is C20H18N3OP. The smallest absolute Gasteiger partial charge is 0.267 e. The molecule has 0 radical (unpaired) electrons. The molecule has 0 aliphatic rings. The molecule has 0 atom stereocenters. The van der Waals surface area contributed by atoms with Crippen LogP contribution in [0, 0.1) is 0 Å². The average molecular weight is 347 g/mol. The van der Waals surface area contributed by atoms with E-state index >= 15 is 0 Å². The highest BCUT2D eigenvalue weighted by Crippen LogP contribution is 2.48. The molecule has 0 aliphatic carbocycles. The molecule has 0 saturated carbocycles. The highest BCUT2D eigenvalue weighted by atomic mass is 31.2. The minimum atomic E-state index is -3.60. The van der Waals surface area contributed by atoms with Crippen molar-refractivity contribution in [1.82, 2.24) is 0 Å². The van der Waals surface area contributed by atoms with Gasteiger partial charge in [-0.25, -0.2) is 0 Å². The van der Waals surface area contributed by atoms with Gasteiger partial charge in [-0.1, -0.05) is 72.8 Å². The van der Waals surface area contributed by atoms with E-state index in [-0.39, 0.29) is 0 Å². The normalized spacial score (nSPS) is 11.8. The Kier molecular flexibility index (Phi) is 3.81. The summed E-state index contributed by atoms with van der Waals surface area (Å²) in [6.07, 6.45) is 0. The lowest BCUT2D eigenvalue weighted by Gasteiger charge is -2.30. The molecule has 0 heterocycles. The molecule has 0 amide bonds. The van der Waals surface area contributed by atoms with Crippen LogP contribution in [0.25, 0.3) is 21.5 Å². The predicted molar refractivity (Wildman–Crippen MR) is 106 cm³/mol. The minimum absolute atomic E-state index is 0.739. The van der Waals surface area contributed by atoms with Gasteiger partial charge >= 0.3 is 7.59 Å². The minimum Gasteiger partial charge on any atom is -0.267 e. The van der Waals surface area contributed by atoms with Crippen LogP contribution in [0.15, 0.2) is 84.9 Å². The fourth-order valence-electron chi connectivity index (χ4n) is 3.25. The Morgan fingerprint density at radius 1 is 0.600 bits per heavy atom. The van der Waals surface area contributed by atoms with E-state index in [1.807, 2.05) is 84.9 Å². The molecule has 4 aromatic carbocycles. The van der Waals surface area contributed by atoms with E-state index in [4.69, 9.17) is 11.0 Å². The molecule has 4 N–H and O–H groups in total. The molecule has 124 valence electrons. The van der Waals surface area contributed by atoms with Gasteiger partial charge < -0.3 is 0 Å². The van der Waals surface area contributed by atoms with Crippen LogP contribution >= 0.6 is 7.59 Å². The second kappa shape index (κ2) is 6.01. The van der Waals surface area contributed by atoms with Gasteiger partial charge in [-0.2, -0.15) is 0 Å². The first-order valence-electron chi connectivity index (χ1n) is 7.99. The van der Waals surface area contributed by atoms with E-state index in [9.17, 15) is 4.57 Å². The summed E-state index contributed by atoms with van der Waals surface area (Å²) in [5.41, 5.74) is 13.4. The molecule has 0 fully saturated rings. The zero-order valence-corrected chi connectivity index (χ0v) is 14.4. The Balaban J connectivity index is 2.06. The zero-order valence-electron chi connectivity index (χ0n) is 13.5. The van der Waals surface area contributed by atoms with Crippen LogP contribution in [0.1, 0.15) is 0 Å². The highest BCUT2D eigenvalue weighted by molar-refractivity contribution is 7.61. The molecule has 0 spiro atoms. The number of rotatable bonds is 3. The lowest BCUT2D eigenvalue weighted by Crippen LogP contribution is -2.24. The Morgan fingerprint density at radius 3 is 1.44 bits per heavy atom. The maximum atomic E-state index is 12.9. The third-order valence-corrected chi connectivity index (χ3v) is 5.36. The van der Waals surface area contributed by atoms with Crippen molar-refractivity contribution >= 4 is 40.5 Å². The van der Waals surface area contributed by atoms with Crippen molar-refractivity contribution in [2.45, 2.75) is 0 Å². The van der Waals surface area contributed by atoms with Crippen molar-refractivity contribution in [3.63, 3.8) is 0 Å². The van der Waals surface area contributed by atoms with Gasteiger partial charge in [0.05, 0.1) is 11.4 Å². The van der Waals surface area contributed by atoms with Gasteiger partial charge in [-0.15, -0.1) is 0 Å². The number of nitrogens with two attached hydrogens (primary N) is 2. The molecule has 5 heteroatoms.